The lowest BCUT2D eigenvalue weighted by molar-refractivity contribution is -0.132. The SMILES string of the molecule is COc1ccc(Cl)cc1/C(O)=C1\C(=O)C(=O)N(c2ccc(N(C)C)cc2)C1c1ccc(C)o1. The van der Waals surface area contributed by atoms with Crippen LogP contribution in [0.1, 0.15) is 23.1 Å². The van der Waals surface area contributed by atoms with Gasteiger partial charge in [0, 0.05) is 30.5 Å². The van der Waals surface area contributed by atoms with E-state index in [1.165, 1.54) is 18.1 Å². The molecule has 1 aliphatic rings. The van der Waals surface area contributed by atoms with Crippen molar-refractivity contribution in [3.05, 3.63) is 82.3 Å². The maximum absolute atomic E-state index is 13.2. The Bertz CT molecular complexity index is 1260. The number of nitrogens with zero attached hydrogens (tertiary/aromatic N) is 2. The fourth-order valence-electron chi connectivity index (χ4n) is 3.89. The highest BCUT2D eigenvalue weighted by molar-refractivity contribution is 6.51. The van der Waals surface area contributed by atoms with Gasteiger partial charge in [0.25, 0.3) is 11.7 Å². The summed E-state index contributed by atoms with van der Waals surface area (Å²) in [5.41, 5.74) is 1.54. The maximum Gasteiger partial charge on any atom is 0.300 e. The van der Waals surface area contributed by atoms with E-state index in [0.29, 0.717) is 28.0 Å². The van der Waals surface area contributed by atoms with Gasteiger partial charge in [-0.2, -0.15) is 0 Å². The number of ether oxygens (including phenoxy) is 1. The van der Waals surface area contributed by atoms with Crippen molar-refractivity contribution >= 4 is 40.4 Å². The molecule has 3 aromatic rings. The average Bonchev–Trinajstić information content (AvgIpc) is 3.34. The summed E-state index contributed by atoms with van der Waals surface area (Å²) in [5, 5.41) is 11.6. The van der Waals surface area contributed by atoms with Crippen molar-refractivity contribution in [2.45, 2.75) is 13.0 Å². The van der Waals surface area contributed by atoms with E-state index in [2.05, 4.69) is 0 Å². The van der Waals surface area contributed by atoms with Gasteiger partial charge in [-0.1, -0.05) is 11.6 Å². The molecule has 33 heavy (non-hydrogen) atoms. The molecule has 1 saturated heterocycles. The van der Waals surface area contributed by atoms with Crippen molar-refractivity contribution in [3.63, 3.8) is 0 Å². The first-order valence-electron chi connectivity index (χ1n) is 10.2. The normalized spacial score (nSPS) is 17.5. The summed E-state index contributed by atoms with van der Waals surface area (Å²) in [4.78, 5) is 29.7. The van der Waals surface area contributed by atoms with Crippen LogP contribution < -0.4 is 14.5 Å². The fourth-order valence-corrected chi connectivity index (χ4v) is 4.06. The highest BCUT2D eigenvalue weighted by Gasteiger charge is 2.48. The standard InChI is InChI=1S/C25H23ClN2O5/c1-14-5-11-20(33-14)22-21(23(29)18-13-15(26)6-12-19(18)32-4)24(30)25(31)28(22)17-9-7-16(8-10-17)27(2)3/h5-13,22,29H,1-4H3/b23-21+. The van der Waals surface area contributed by atoms with Gasteiger partial charge in [-0.15, -0.1) is 0 Å². The molecule has 1 unspecified atom stereocenters. The minimum atomic E-state index is -0.965. The highest BCUT2D eigenvalue weighted by atomic mass is 35.5. The predicted octanol–water partition coefficient (Wildman–Crippen LogP) is 4.94. The topological polar surface area (TPSA) is 83.2 Å². The zero-order valence-electron chi connectivity index (χ0n) is 18.6. The lowest BCUT2D eigenvalue weighted by Crippen LogP contribution is -2.29. The molecule has 2 heterocycles. The summed E-state index contributed by atoms with van der Waals surface area (Å²) >= 11 is 6.14. The Kier molecular flexibility index (Phi) is 5.91. The molecule has 1 aliphatic heterocycles. The Hall–Kier alpha value is -3.71. The first-order valence-corrected chi connectivity index (χ1v) is 10.6. The number of halogens is 1. The van der Waals surface area contributed by atoms with Crippen LogP contribution >= 0.6 is 11.6 Å². The van der Waals surface area contributed by atoms with Crippen LogP contribution in [0.25, 0.3) is 5.76 Å². The number of rotatable bonds is 5. The van der Waals surface area contributed by atoms with Crippen LogP contribution in [-0.4, -0.2) is 38.0 Å². The van der Waals surface area contributed by atoms with Gasteiger partial charge in [-0.3, -0.25) is 14.5 Å². The summed E-state index contributed by atoms with van der Waals surface area (Å²) < 4.78 is 11.2. The Morgan fingerprint density at radius 3 is 2.36 bits per heavy atom. The van der Waals surface area contributed by atoms with E-state index < -0.39 is 17.7 Å². The molecule has 7 nitrogen and oxygen atoms in total. The average molecular weight is 467 g/mol. The molecule has 4 rings (SSSR count). The monoisotopic (exact) mass is 466 g/mol. The molecule has 1 aromatic heterocycles. The molecule has 8 heteroatoms. The molecule has 0 aliphatic carbocycles. The smallest absolute Gasteiger partial charge is 0.300 e. The Balaban J connectivity index is 1.93. The summed E-state index contributed by atoms with van der Waals surface area (Å²) in [6.45, 7) is 1.77. The van der Waals surface area contributed by atoms with Crippen LogP contribution in [0.5, 0.6) is 5.75 Å². The van der Waals surface area contributed by atoms with Crippen molar-refractivity contribution in [2.24, 2.45) is 0 Å². The lowest BCUT2D eigenvalue weighted by atomic mass is 9.98. The third-order valence-electron chi connectivity index (χ3n) is 5.54. The molecule has 170 valence electrons. The van der Waals surface area contributed by atoms with Crippen molar-refractivity contribution in [1.29, 1.82) is 0 Å². The van der Waals surface area contributed by atoms with Gasteiger partial charge in [0.2, 0.25) is 0 Å². The van der Waals surface area contributed by atoms with E-state index in [1.54, 1.807) is 43.3 Å². The first-order chi connectivity index (χ1) is 15.7. The van der Waals surface area contributed by atoms with E-state index in [0.717, 1.165) is 5.69 Å². The van der Waals surface area contributed by atoms with E-state index >= 15 is 0 Å². The van der Waals surface area contributed by atoms with E-state index in [-0.39, 0.29) is 16.9 Å². The molecule has 0 radical (unpaired) electrons. The van der Waals surface area contributed by atoms with Gasteiger partial charge < -0.3 is 19.2 Å². The van der Waals surface area contributed by atoms with Crippen LogP contribution in [0, 0.1) is 6.92 Å². The molecule has 1 amide bonds. The quantitative estimate of drug-likeness (QED) is 0.325. The second kappa shape index (κ2) is 8.67. The van der Waals surface area contributed by atoms with Crippen molar-refractivity contribution in [1.82, 2.24) is 0 Å². The van der Waals surface area contributed by atoms with Crippen LogP contribution in [0.4, 0.5) is 11.4 Å². The van der Waals surface area contributed by atoms with Crippen LogP contribution in [0.3, 0.4) is 0 Å². The number of ketones is 1. The fraction of sp³-hybridized carbons (Fsp3) is 0.200. The Morgan fingerprint density at radius 2 is 1.79 bits per heavy atom. The van der Waals surface area contributed by atoms with Crippen molar-refractivity contribution in [3.8, 4) is 5.75 Å². The third kappa shape index (κ3) is 3.96. The lowest BCUT2D eigenvalue weighted by Gasteiger charge is -2.24. The third-order valence-corrected chi connectivity index (χ3v) is 5.77. The van der Waals surface area contributed by atoms with Gasteiger partial charge in [0.15, 0.2) is 0 Å². The predicted molar refractivity (Wildman–Crippen MR) is 127 cm³/mol. The molecule has 0 spiro atoms. The molecule has 1 atom stereocenters. The van der Waals surface area contributed by atoms with Gasteiger partial charge in [-0.25, -0.2) is 0 Å². The molecular formula is C25H23ClN2O5. The Morgan fingerprint density at radius 1 is 1.09 bits per heavy atom. The highest BCUT2D eigenvalue weighted by Crippen LogP contribution is 2.44. The number of amides is 1. The number of aryl methyl sites for hydroxylation is 1. The van der Waals surface area contributed by atoms with Crippen LogP contribution in [0.15, 0.2) is 64.6 Å². The van der Waals surface area contributed by atoms with Crippen molar-refractivity contribution in [2.75, 3.05) is 31.0 Å². The number of methoxy groups -OCH3 is 1. The van der Waals surface area contributed by atoms with E-state index in [4.69, 9.17) is 20.8 Å². The number of aliphatic hydroxyl groups excluding tert-OH is 1. The van der Waals surface area contributed by atoms with Crippen LogP contribution in [-0.2, 0) is 9.59 Å². The zero-order valence-corrected chi connectivity index (χ0v) is 19.4. The van der Waals surface area contributed by atoms with Crippen molar-refractivity contribution < 1.29 is 23.8 Å². The first kappa shape index (κ1) is 22.5. The number of hydrogen-bond acceptors (Lipinski definition) is 6. The van der Waals surface area contributed by atoms with Gasteiger partial charge in [0.1, 0.15) is 29.1 Å². The Labute approximate surface area is 196 Å². The minimum absolute atomic E-state index is 0.105. The molecule has 0 saturated carbocycles. The molecule has 0 bridgehead atoms. The number of furan rings is 1. The summed E-state index contributed by atoms with van der Waals surface area (Å²) in [7, 11) is 5.26. The van der Waals surface area contributed by atoms with Gasteiger partial charge in [-0.05, 0) is 61.5 Å². The number of benzene rings is 2. The molecule has 1 fully saturated rings. The zero-order chi connectivity index (χ0) is 23.9. The molecular weight excluding hydrogens is 444 g/mol. The van der Waals surface area contributed by atoms with Gasteiger partial charge >= 0.3 is 0 Å². The largest absolute Gasteiger partial charge is 0.507 e. The van der Waals surface area contributed by atoms with Crippen LogP contribution in [0.2, 0.25) is 5.02 Å². The maximum atomic E-state index is 13.2. The minimum Gasteiger partial charge on any atom is -0.507 e. The number of Topliss-reactive ketones (excluding diaryl/α,β-unsaturated/α-hetero) is 1. The van der Waals surface area contributed by atoms with Gasteiger partial charge in [0.05, 0.1) is 18.2 Å². The number of carbonyl (C=O) groups excluding carboxylic acids is 2. The van der Waals surface area contributed by atoms with E-state index in [9.17, 15) is 14.7 Å². The molecule has 2 aromatic carbocycles. The number of carbonyl (C=O) groups is 2. The summed E-state index contributed by atoms with van der Waals surface area (Å²) in [6.07, 6.45) is 0. The summed E-state index contributed by atoms with van der Waals surface area (Å²) in [5.74, 6) is -0.712. The molecule has 1 N–H and O–H groups in total. The second-order valence-corrected chi connectivity index (χ2v) is 8.31. The second-order valence-electron chi connectivity index (χ2n) is 7.87. The number of anilines is 2. The number of hydrogen-bond donors (Lipinski definition) is 1. The number of aliphatic hydroxyl groups is 1. The van der Waals surface area contributed by atoms with E-state index in [1.807, 2.05) is 31.1 Å². The summed E-state index contributed by atoms with van der Waals surface area (Å²) in [6, 6.07) is 14.3.